The summed E-state index contributed by atoms with van der Waals surface area (Å²) in [6.07, 6.45) is 6.83. The number of amides is 3. The second kappa shape index (κ2) is 10.0. The topological polar surface area (TPSA) is 69.7 Å². The molecule has 2 fully saturated rings. The maximum Gasteiger partial charge on any atom is 0.246 e. The highest BCUT2D eigenvalue weighted by Gasteiger charge is 2.43. The first-order valence-electron chi connectivity index (χ1n) is 11.0. The predicted octanol–water partition coefficient (Wildman–Crippen LogP) is 3.41. The molecule has 2 aromatic rings. The zero-order chi connectivity index (χ0) is 22.6. The summed E-state index contributed by atoms with van der Waals surface area (Å²) in [5.41, 5.74) is 1.13. The summed E-state index contributed by atoms with van der Waals surface area (Å²) in [6.45, 7) is 4.32. The molecule has 3 amide bonds. The average Bonchev–Trinajstić information content (AvgIpc) is 3.54. The first-order valence-corrected chi connectivity index (χ1v) is 12.8. The van der Waals surface area contributed by atoms with Crippen molar-refractivity contribution in [3.05, 3.63) is 50.9 Å². The molecule has 170 valence electrons. The number of nitrogens with one attached hydrogen (secondary N) is 1. The monoisotopic (exact) mass is 471 g/mol. The van der Waals surface area contributed by atoms with E-state index in [0.717, 1.165) is 42.8 Å². The second-order valence-corrected chi connectivity index (χ2v) is 10.6. The number of hydrogen-bond acceptors (Lipinski definition) is 5. The van der Waals surface area contributed by atoms with Gasteiger partial charge >= 0.3 is 0 Å². The van der Waals surface area contributed by atoms with Gasteiger partial charge in [0, 0.05) is 50.5 Å². The highest BCUT2D eigenvalue weighted by molar-refractivity contribution is 7.09. The van der Waals surface area contributed by atoms with Gasteiger partial charge < -0.3 is 15.1 Å². The number of thiophene rings is 2. The van der Waals surface area contributed by atoms with Crippen molar-refractivity contribution in [2.24, 2.45) is 5.41 Å². The third kappa shape index (κ3) is 5.48. The zero-order valence-corrected chi connectivity index (χ0v) is 19.9. The fourth-order valence-corrected chi connectivity index (χ4v) is 6.05. The van der Waals surface area contributed by atoms with Crippen LogP contribution in [0.25, 0.3) is 6.08 Å². The van der Waals surface area contributed by atoms with Gasteiger partial charge in [-0.05, 0) is 64.6 Å². The molecule has 6 nitrogen and oxygen atoms in total. The molecule has 2 saturated heterocycles. The number of likely N-dealkylation sites (tertiary alicyclic amines) is 2. The molecule has 1 spiro atoms. The average molecular weight is 472 g/mol. The minimum absolute atomic E-state index is 0.00248. The predicted molar refractivity (Wildman–Crippen MR) is 128 cm³/mol. The minimum Gasteiger partial charge on any atom is -0.344 e. The van der Waals surface area contributed by atoms with E-state index < -0.39 is 6.04 Å². The summed E-state index contributed by atoms with van der Waals surface area (Å²) in [5, 5.41) is 8.86. The molecule has 0 bridgehead atoms. The lowest BCUT2D eigenvalue weighted by atomic mass is 9.77. The van der Waals surface area contributed by atoms with Crippen molar-refractivity contribution in [1.29, 1.82) is 0 Å². The van der Waals surface area contributed by atoms with E-state index in [1.165, 1.54) is 6.92 Å². The first kappa shape index (κ1) is 22.7. The highest BCUT2D eigenvalue weighted by atomic mass is 32.1. The van der Waals surface area contributed by atoms with Crippen molar-refractivity contribution >= 4 is 46.5 Å². The molecule has 1 atom stereocenters. The van der Waals surface area contributed by atoms with Gasteiger partial charge in [-0.2, -0.15) is 11.3 Å². The second-order valence-electron chi connectivity index (χ2n) is 8.76. The van der Waals surface area contributed by atoms with E-state index in [0.29, 0.717) is 19.5 Å². The van der Waals surface area contributed by atoms with Crippen LogP contribution in [-0.4, -0.2) is 59.7 Å². The molecule has 1 N–H and O–H groups in total. The van der Waals surface area contributed by atoms with Gasteiger partial charge in [0.1, 0.15) is 6.04 Å². The van der Waals surface area contributed by atoms with Crippen LogP contribution < -0.4 is 5.32 Å². The first-order chi connectivity index (χ1) is 15.4. The Morgan fingerprint density at radius 1 is 1.12 bits per heavy atom. The Balaban J connectivity index is 1.32. The standard InChI is InChI=1S/C24H29N3O3S2/c1-18(28)25-21(15-20-3-2-13-32-20)23(30)27-12-9-24(17-27)7-10-26(11-8-24)22(29)5-4-19-6-14-31-16-19/h2-6,13-14,16,21H,7-12,15,17H2,1H3,(H,25,28)/b5-4+/t21-/m0/s1. The molecule has 32 heavy (non-hydrogen) atoms. The van der Waals surface area contributed by atoms with Crippen LogP contribution >= 0.6 is 22.7 Å². The Kier molecular flexibility index (Phi) is 7.10. The van der Waals surface area contributed by atoms with Crippen LogP contribution in [0.1, 0.15) is 36.6 Å². The van der Waals surface area contributed by atoms with Gasteiger partial charge in [0.25, 0.3) is 0 Å². The summed E-state index contributed by atoms with van der Waals surface area (Å²) >= 11 is 3.22. The largest absolute Gasteiger partial charge is 0.344 e. The Hall–Kier alpha value is -2.45. The van der Waals surface area contributed by atoms with E-state index in [1.54, 1.807) is 28.7 Å². The van der Waals surface area contributed by atoms with Crippen molar-refractivity contribution in [3.8, 4) is 0 Å². The lowest BCUT2D eigenvalue weighted by Gasteiger charge is -2.39. The number of carbonyl (C=O) groups is 3. The van der Waals surface area contributed by atoms with Gasteiger partial charge in [0.05, 0.1) is 0 Å². The maximum atomic E-state index is 13.2. The molecule has 0 aromatic carbocycles. The third-order valence-electron chi connectivity index (χ3n) is 6.51. The molecule has 2 aliphatic heterocycles. The minimum atomic E-state index is -0.523. The van der Waals surface area contributed by atoms with E-state index in [4.69, 9.17) is 0 Å². The molecule has 2 aromatic heterocycles. The van der Waals surface area contributed by atoms with Gasteiger partial charge in [-0.25, -0.2) is 0 Å². The molecule has 2 aliphatic rings. The Bertz CT molecular complexity index is 961. The molecule has 8 heteroatoms. The van der Waals surface area contributed by atoms with Crippen LogP contribution in [0.2, 0.25) is 0 Å². The van der Waals surface area contributed by atoms with E-state index in [-0.39, 0.29) is 23.1 Å². The molecule has 0 radical (unpaired) electrons. The van der Waals surface area contributed by atoms with E-state index >= 15 is 0 Å². The zero-order valence-electron chi connectivity index (χ0n) is 18.3. The third-order valence-corrected chi connectivity index (χ3v) is 8.11. The number of hydrogen-bond donors (Lipinski definition) is 1. The summed E-state index contributed by atoms with van der Waals surface area (Å²) in [6, 6.07) is 5.43. The number of carbonyl (C=O) groups excluding carboxylic acids is 3. The Morgan fingerprint density at radius 3 is 2.50 bits per heavy atom. The summed E-state index contributed by atoms with van der Waals surface area (Å²) < 4.78 is 0. The Labute approximate surface area is 196 Å². The normalized spacial score (nSPS) is 18.9. The quantitative estimate of drug-likeness (QED) is 0.657. The molecule has 4 rings (SSSR count). The van der Waals surface area contributed by atoms with E-state index in [2.05, 4.69) is 5.32 Å². The molecule has 0 saturated carbocycles. The van der Waals surface area contributed by atoms with Crippen LogP contribution in [0.15, 0.2) is 40.4 Å². The highest BCUT2D eigenvalue weighted by Crippen LogP contribution is 2.40. The fraction of sp³-hybridized carbons (Fsp3) is 0.458. The van der Waals surface area contributed by atoms with Crippen LogP contribution in [0.3, 0.4) is 0 Å². The number of piperidine rings is 1. The fourth-order valence-electron chi connectivity index (χ4n) is 4.67. The van der Waals surface area contributed by atoms with Crippen molar-refractivity contribution < 1.29 is 14.4 Å². The van der Waals surface area contributed by atoms with Crippen molar-refractivity contribution in [2.75, 3.05) is 26.2 Å². The molecule has 0 aliphatic carbocycles. The molecule has 4 heterocycles. The van der Waals surface area contributed by atoms with Gasteiger partial charge in [0.15, 0.2) is 0 Å². The van der Waals surface area contributed by atoms with Gasteiger partial charge in [0.2, 0.25) is 17.7 Å². The SMILES string of the molecule is CC(=O)N[C@@H](Cc1cccs1)C(=O)N1CCC2(CCN(C(=O)/C=C/c3ccsc3)CC2)C1. The van der Waals surface area contributed by atoms with Crippen LogP contribution in [0, 0.1) is 5.41 Å². The van der Waals surface area contributed by atoms with Gasteiger partial charge in [-0.1, -0.05) is 6.07 Å². The van der Waals surface area contributed by atoms with Crippen molar-refractivity contribution in [1.82, 2.24) is 15.1 Å². The Morgan fingerprint density at radius 2 is 1.88 bits per heavy atom. The van der Waals surface area contributed by atoms with Crippen molar-refractivity contribution in [2.45, 2.75) is 38.6 Å². The van der Waals surface area contributed by atoms with Crippen LogP contribution in [0.5, 0.6) is 0 Å². The van der Waals surface area contributed by atoms with E-state index in [1.807, 2.05) is 50.2 Å². The van der Waals surface area contributed by atoms with Crippen molar-refractivity contribution in [3.63, 3.8) is 0 Å². The lowest BCUT2D eigenvalue weighted by molar-refractivity contribution is -0.136. The van der Waals surface area contributed by atoms with Crippen LogP contribution in [-0.2, 0) is 20.8 Å². The number of nitrogens with zero attached hydrogens (tertiary/aromatic N) is 2. The van der Waals surface area contributed by atoms with E-state index in [9.17, 15) is 14.4 Å². The number of rotatable bonds is 6. The molecular weight excluding hydrogens is 442 g/mol. The summed E-state index contributed by atoms with van der Waals surface area (Å²) in [5.74, 6) is -0.127. The summed E-state index contributed by atoms with van der Waals surface area (Å²) in [4.78, 5) is 42.4. The van der Waals surface area contributed by atoms with Crippen LogP contribution in [0.4, 0.5) is 0 Å². The molecule has 0 unspecified atom stereocenters. The van der Waals surface area contributed by atoms with Gasteiger partial charge in [-0.3, -0.25) is 14.4 Å². The maximum absolute atomic E-state index is 13.2. The smallest absolute Gasteiger partial charge is 0.246 e. The van der Waals surface area contributed by atoms with Gasteiger partial charge in [-0.15, -0.1) is 11.3 Å². The molecular formula is C24H29N3O3S2. The summed E-state index contributed by atoms with van der Waals surface area (Å²) in [7, 11) is 0. The lowest BCUT2D eigenvalue weighted by Crippen LogP contribution is -2.50.